The summed E-state index contributed by atoms with van der Waals surface area (Å²) in [5.41, 5.74) is 1.86. The molecule has 1 aromatic heterocycles. The van der Waals surface area contributed by atoms with Crippen LogP contribution in [0.15, 0.2) is 24.4 Å². The van der Waals surface area contributed by atoms with Gasteiger partial charge in [0.15, 0.2) is 5.82 Å². The third kappa shape index (κ3) is 5.85. The number of carbonyl (C=O) groups excluding carboxylic acids is 2. The average molecular weight is 546 g/mol. The van der Waals surface area contributed by atoms with Crippen LogP contribution < -0.4 is 25.2 Å². The predicted octanol–water partition coefficient (Wildman–Crippen LogP) is 3.42. The Hall–Kier alpha value is -3.84. The van der Waals surface area contributed by atoms with Gasteiger partial charge < -0.3 is 30.1 Å². The molecule has 0 bridgehead atoms. The number of fused-ring (bicyclic) bond motifs is 1. The number of amides is 2. The van der Waals surface area contributed by atoms with Crippen LogP contribution in [-0.2, 0) is 4.79 Å². The van der Waals surface area contributed by atoms with Gasteiger partial charge in [-0.1, -0.05) is 12.8 Å². The first kappa shape index (κ1) is 27.7. The van der Waals surface area contributed by atoms with Gasteiger partial charge >= 0.3 is 0 Å². The largest absolute Gasteiger partial charge is 0.495 e. The van der Waals surface area contributed by atoms with Crippen LogP contribution in [0.1, 0.15) is 55.3 Å². The second kappa shape index (κ2) is 12.1. The molecule has 10 nitrogen and oxygen atoms in total. The molecule has 2 amide bonds. The third-order valence-corrected chi connectivity index (χ3v) is 8.37. The molecule has 10 heteroatoms. The minimum Gasteiger partial charge on any atom is -0.495 e. The molecule has 1 atom stereocenters. The SMILES string of the molecule is C#CC[C@H]1CN(C2CCCC2)c2nc(Nc3ccc(C(=O)NC4CCN(C)CC4)cc3OC)ncc2N(C)C1=O. The van der Waals surface area contributed by atoms with Gasteiger partial charge in [0, 0.05) is 37.7 Å². The third-order valence-electron chi connectivity index (χ3n) is 8.37. The summed E-state index contributed by atoms with van der Waals surface area (Å²) in [6, 6.07) is 5.80. The predicted molar refractivity (Wildman–Crippen MR) is 156 cm³/mol. The molecule has 3 heterocycles. The van der Waals surface area contributed by atoms with E-state index in [9.17, 15) is 9.59 Å². The summed E-state index contributed by atoms with van der Waals surface area (Å²) >= 11 is 0. The van der Waals surface area contributed by atoms with Crippen LogP contribution in [0.5, 0.6) is 5.75 Å². The maximum absolute atomic E-state index is 13.2. The molecule has 1 saturated heterocycles. The van der Waals surface area contributed by atoms with Gasteiger partial charge in [0.25, 0.3) is 5.91 Å². The standard InChI is InChI=1S/C30H39N7O3/c1-5-8-21-19-37(23-9-6-7-10-23)27-25(36(3)29(21)39)18-31-30(34-27)33-24-12-11-20(17-26(24)40-4)28(38)32-22-13-15-35(2)16-14-22/h1,11-12,17-18,21-23H,6-10,13-16,19H2,2-4H3,(H,32,38)(H,31,33,34)/t21-/m0/s1. The quantitative estimate of drug-likeness (QED) is 0.511. The summed E-state index contributed by atoms with van der Waals surface area (Å²) in [4.78, 5) is 41.8. The van der Waals surface area contributed by atoms with Crippen LogP contribution in [0.4, 0.5) is 23.1 Å². The first-order valence-corrected chi connectivity index (χ1v) is 14.2. The maximum atomic E-state index is 13.2. The number of nitrogens with one attached hydrogen (secondary N) is 2. The Kier molecular flexibility index (Phi) is 8.40. The van der Waals surface area contributed by atoms with Gasteiger partial charge in [0.2, 0.25) is 11.9 Å². The number of piperidine rings is 1. The van der Waals surface area contributed by atoms with Gasteiger partial charge in [-0.3, -0.25) is 9.59 Å². The Morgan fingerprint density at radius 1 is 1.18 bits per heavy atom. The molecule has 5 rings (SSSR count). The second-order valence-electron chi connectivity index (χ2n) is 11.1. The normalized spacial score (nSPS) is 20.6. The average Bonchev–Trinajstić information content (AvgIpc) is 3.48. The highest BCUT2D eigenvalue weighted by Crippen LogP contribution is 2.38. The van der Waals surface area contributed by atoms with Crippen molar-refractivity contribution in [2.75, 3.05) is 56.0 Å². The lowest BCUT2D eigenvalue weighted by atomic mass is 10.0. The van der Waals surface area contributed by atoms with Crippen LogP contribution in [0, 0.1) is 18.3 Å². The van der Waals surface area contributed by atoms with E-state index < -0.39 is 0 Å². The Morgan fingerprint density at radius 2 is 1.93 bits per heavy atom. The summed E-state index contributed by atoms with van der Waals surface area (Å²) in [5, 5.41) is 6.42. The number of methoxy groups -OCH3 is 1. The lowest BCUT2D eigenvalue weighted by molar-refractivity contribution is -0.121. The number of hydrogen-bond donors (Lipinski definition) is 2. The number of ether oxygens (including phenoxy) is 1. The fraction of sp³-hybridized carbons (Fsp3) is 0.533. The number of terminal acetylenes is 1. The van der Waals surface area contributed by atoms with E-state index in [0.717, 1.165) is 57.4 Å². The van der Waals surface area contributed by atoms with Gasteiger partial charge in [0.1, 0.15) is 11.4 Å². The molecular weight excluding hydrogens is 506 g/mol. The van der Waals surface area contributed by atoms with Crippen molar-refractivity contribution in [1.29, 1.82) is 0 Å². The number of carbonyl (C=O) groups is 2. The van der Waals surface area contributed by atoms with Gasteiger partial charge in [-0.05, 0) is 64.0 Å². The molecule has 40 heavy (non-hydrogen) atoms. The number of aromatic nitrogens is 2. The molecule has 0 spiro atoms. The second-order valence-corrected chi connectivity index (χ2v) is 11.1. The summed E-state index contributed by atoms with van der Waals surface area (Å²) < 4.78 is 5.63. The summed E-state index contributed by atoms with van der Waals surface area (Å²) in [5.74, 6) is 3.90. The Labute approximate surface area is 236 Å². The van der Waals surface area contributed by atoms with Gasteiger partial charge in [-0.15, -0.1) is 12.3 Å². The van der Waals surface area contributed by atoms with Crippen molar-refractivity contribution in [1.82, 2.24) is 20.2 Å². The van der Waals surface area contributed by atoms with Gasteiger partial charge in [-0.2, -0.15) is 4.98 Å². The van der Waals surface area contributed by atoms with E-state index >= 15 is 0 Å². The number of hydrogen-bond acceptors (Lipinski definition) is 8. The van der Waals surface area contributed by atoms with E-state index in [4.69, 9.17) is 16.1 Å². The molecule has 1 aliphatic carbocycles. The molecule has 2 N–H and O–H groups in total. The maximum Gasteiger partial charge on any atom is 0.251 e. The molecule has 2 aliphatic heterocycles. The summed E-state index contributed by atoms with van der Waals surface area (Å²) in [6.07, 6.45) is 14.0. The van der Waals surface area contributed by atoms with Crippen molar-refractivity contribution in [2.24, 2.45) is 5.92 Å². The zero-order valence-electron chi connectivity index (χ0n) is 23.7. The molecule has 1 aromatic carbocycles. The van der Waals surface area contributed by atoms with Crippen LogP contribution in [-0.4, -0.2) is 79.6 Å². The lowest BCUT2D eigenvalue weighted by Crippen LogP contribution is -2.43. The van der Waals surface area contributed by atoms with Crippen LogP contribution in [0.2, 0.25) is 0 Å². The molecule has 2 aromatic rings. The van der Waals surface area contributed by atoms with Crippen molar-refractivity contribution in [3.63, 3.8) is 0 Å². The van der Waals surface area contributed by atoms with Gasteiger partial charge in [-0.25, -0.2) is 4.98 Å². The highest BCUT2D eigenvalue weighted by atomic mass is 16.5. The van der Waals surface area contributed by atoms with E-state index in [1.54, 1.807) is 37.4 Å². The monoisotopic (exact) mass is 545 g/mol. The highest BCUT2D eigenvalue weighted by Gasteiger charge is 2.36. The number of rotatable bonds is 7. The minimum atomic E-state index is -0.297. The van der Waals surface area contributed by atoms with Crippen LogP contribution in [0.3, 0.4) is 0 Å². The van der Waals surface area contributed by atoms with E-state index in [2.05, 4.69) is 38.4 Å². The molecule has 1 saturated carbocycles. The smallest absolute Gasteiger partial charge is 0.251 e. The first-order chi connectivity index (χ1) is 19.4. The lowest BCUT2D eigenvalue weighted by Gasteiger charge is -2.31. The van der Waals surface area contributed by atoms with Gasteiger partial charge in [0.05, 0.1) is 24.9 Å². The first-order valence-electron chi connectivity index (χ1n) is 14.2. The molecular formula is C30H39N7O3. The van der Waals surface area contributed by atoms with Crippen molar-refractivity contribution in [2.45, 2.75) is 57.0 Å². The van der Waals surface area contributed by atoms with E-state index in [1.807, 2.05) is 6.07 Å². The van der Waals surface area contributed by atoms with E-state index in [-0.39, 0.29) is 23.8 Å². The topological polar surface area (TPSA) is 103 Å². The summed E-state index contributed by atoms with van der Waals surface area (Å²) in [7, 11) is 5.44. The fourth-order valence-electron chi connectivity index (χ4n) is 5.98. The zero-order valence-corrected chi connectivity index (χ0v) is 23.7. The molecule has 0 unspecified atom stereocenters. The Morgan fingerprint density at radius 3 is 2.62 bits per heavy atom. The number of likely N-dealkylation sites (tertiary alicyclic amines) is 1. The molecule has 0 radical (unpaired) electrons. The van der Waals surface area contributed by atoms with E-state index in [0.29, 0.717) is 47.6 Å². The molecule has 3 aliphatic rings. The van der Waals surface area contributed by atoms with Crippen molar-refractivity contribution >= 4 is 35.0 Å². The zero-order chi connectivity index (χ0) is 28.2. The Balaban J connectivity index is 1.38. The molecule has 212 valence electrons. The van der Waals surface area contributed by atoms with Crippen LogP contribution in [0.25, 0.3) is 0 Å². The van der Waals surface area contributed by atoms with Crippen LogP contribution >= 0.6 is 0 Å². The summed E-state index contributed by atoms with van der Waals surface area (Å²) in [6.45, 7) is 2.49. The van der Waals surface area contributed by atoms with Crippen molar-refractivity contribution in [3.8, 4) is 18.1 Å². The number of nitrogens with zero attached hydrogens (tertiary/aromatic N) is 5. The van der Waals surface area contributed by atoms with Crippen molar-refractivity contribution < 1.29 is 14.3 Å². The fourth-order valence-corrected chi connectivity index (χ4v) is 5.98. The minimum absolute atomic E-state index is 0.0141. The highest BCUT2D eigenvalue weighted by molar-refractivity contribution is 5.99. The Bertz CT molecular complexity index is 1280. The van der Waals surface area contributed by atoms with Crippen molar-refractivity contribution in [3.05, 3.63) is 30.0 Å². The number of anilines is 4. The molecule has 2 fully saturated rings. The van der Waals surface area contributed by atoms with E-state index in [1.165, 1.54) is 0 Å². The number of benzene rings is 1.